The molecule has 0 radical (unpaired) electrons. The Hall–Kier alpha value is -3.68. The number of rotatable bonds is 9. The third-order valence-corrected chi connectivity index (χ3v) is 6.00. The van der Waals surface area contributed by atoms with Crippen molar-refractivity contribution in [1.29, 1.82) is 0 Å². The lowest BCUT2D eigenvalue weighted by Gasteiger charge is -2.14. The molecule has 4 amide bonds. The van der Waals surface area contributed by atoms with Crippen molar-refractivity contribution in [3.8, 4) is 0 Å². The number of amides is 4. The van der Waals surface area contributed by atoms with E-state index in [1.54, 1.807) is 36.4 Å². The number of nitrogens with two attached hydrogens (primary N) is 2. The first-order chi connectivity index (χ1) is 15.4. The van der Waals surface area contributed by atoms with E-state index in [1.165, 1.54) is 9.80 Å². The molecule has 2 heterocycles. The van der Waals surface area contributed by atoms with Crippen molar-refractivity contribution >= 4 is 35.0 Å². The van der Waals surface area contributed by atoms with Gasteiger partial charge in [-0.3, -0.25) is 29.0 Å². The molecule has 0 atom stereocenters. The van der Waals surface area contributed by atoms with Gasteiger partial charge in [-0.25, -0.2) is 0 Å². The number of nitrogens with zero attached hydrogens (tertiary/aromatic N) is 2. The summed E-state index contributed by atoms with van der Waals surface area (Å²) in [6.07, 6.45) is 5.16. The number of nitrogen functional groups attached to an aromatic ring is 2. The molecule has 2 aromatic carbocycles. The second kappa shape index (κ2) is 8.82. The van der Waals surface area contributed by atoms with Crippen molar-refractivity contribution in [2.24, 2.45) is 0 Å². The number of carbonyl (C=O) groups excluding carboxylic acids is 4. The van der Waals surface area contributed by atoms with Gasteiger partial charge in [-0.2, -0.15) is 0 Å². The van der Waals surface area contributed by atoms with Gasteiger partial charge >= 0.3 is 0 Å². The van der Waals surface area contributed by atoms with E-state index in [-0.39, 0.29) is 23.6 Å². The highest BCUT2D eigenvalue weighted by Gasteiger charge is 2.36. The minimum Gasteiger partial charge on any atom is -0.399 e. The lowest BCUT2D eigenvalue weighted by Crippen LogP contribution is -2.30. The molecule has 4 N–H and O–H groups in total. The Balaban J connectivity index is 1.14. The zero-order valence-corrected chi connectivity index (χ0v) is 17.8. The molecule has 0 saturated carbocycles. The van der Waals surface area contributed by atoms with Gasteiger partial charge in [0, 0.05) is 24.5 Å². The summed E-state index contributed by atoms with van der Waals surface area (Å²) >= 11 is 0. The van der Waals surface area contributed by atoms with Gasteiger partial charge in [0.2, 0.25) is 0 Å². The smallest absolute Gasteiger partial charge is 0.261 e. The highest BCUT2D eigenvalue weighted by atomic mass is 16.2. The molecule has 0 aromatic heterocycles. The molecule has 0 saturated heterocycles. The Labute approximate surface area is 186 Å². The number of benzene rings is 2. The maximum Gasteiger partial charge on any atom is 0.261 e. The van der Waals surface area contributed by atoms with Crippen LogP contribution in [0.15, 0.2) is 36.4 Å². The normalized spacial score (nSPS) is 15.0. The quantitative estimate of drug-likeness (QED) is 0.355. The van der Waals surface area contributed by atoms with Crippen molar-refractivity contribution in [2.45, 2.75) is 38.5 Å². The van der Waals surface area contributed by atoms with Gasteiger partial charge in [0.05, 0.1) is 22.3 Å². The molecule has 0 spiro atoms. The molecule has 4 rings (SSSR count). The first kappa shape index (κ1) is 21.5. The van der Waals surface area contributed by atoms with Crippen LogP contribution in [0, 0.1) is 0 Å². The van der Waals surface area contributed by atoms with Crippen molar-refractivity contribution in [3.05, 3.63) is 58.7 Å². The third kappa shape index (κ3) is 3.95. The van der Waals surface area contributed by atoms with Crippen molar-refractivity contribution in [3.63, 3.8) is 0 Å². The number of carbonyl (C=O) groups is 4. The highest BCUT2D eigenvalue weighted by molar-refractivity contribution is 6.22. The SMILES string of the molecule is Nc1ccc2c(c1)C(=O)N(CCCCCCCCN1C(=O)c3ccc(N)cc3C1=O)C2=O. The molecule has 2 aromatic rings. The van der Waals surface area contributed by atoms with E-state index in [0.717, 1.165) is 38.5 Å². The first-order valence-corrected chi connectivity index (χ1v) is 10.9. The summed E-state index contributed by atoms with van der Waals surface area (Å²) in [6, 6.07) is 9.58. The van der Waals surface area contributed by atoms with Crippen LogP contribution < -0.4 is 11.5 Å². The maximum absolute atomic E-state index is 12.4. The van der Waals surface area contributed by atoms with E-state index in [1.807, 2.05) is 0 Å². The van der Waals surface area contributed by atoms with Crippen LogP contribution in [0.4, 0.5) is 11.4 Å². The summed E-state index contributed by atoms with van der Waals surface area (Å²) in [5.41, 5.74) is 14.0. The molecule has 0 aliphatic carbocycles. The predicted octanol–water partition coefficient (Wildman–Crippen LogP) is 3.08. The van der Waals surface area contributed by atoms with Crippen LogP contribution in [0.5, 0.6) is 0 Å². The Morgan fingerprint density at radius 1 is 0.500 bits per heavy atom. The topological polar surface area (TPSA) is 127 Å². The summed E-state index contributed by atoms with van der Waals surface area (Å²) in [7, 11) is 0. The summed E-state index contributed by atoms with van der Waals surface area (Å²) in [4.78, 5) is 52.2. The van der Waals surface area contributed by atoms with Crippen LogP contribution in [0.2, 0.25) is 0 Å². The minimum atomic E-state index is -0.278. The average Bonchev–Trinajstić information content (AvgIpc) is 3.14. The second-order valence-corrected chi connectivity index (χ2v) is 8.26. The van der Waals surface area contributed by atoms with Gasteiger partial charge in [-0.1, -0.05) is 25.7 Å². The number of anilines is 2. The van der Waals surface area contributed by atoms with Crippen molar-refractivity contribution in [1.82, 2.24) is 9.80 Å². The molecule has 166 valence electrons. The largest absolute Gasteiger partial charge is 0.399 e. The molecule has 0 bridgehead atoms. The molecule has 2 aliphatic heterocycles. The molecule has 32 heavy (non-hydrogen) atoms. The van der Waals surface area contributed by atoms with Crippen molar-refractivity contribution in [2.75, 3.05) is 24.6 Å². The standard InChI is InChI=1S/C24H26N4O4/c25-15-7-9-17-19(13-15)23(31)27(21(17)29)11-5-3-1-2-4-6-12-28-22(30)18-10-8-16(26)14-20(18)24(28)32/h7-10,13-14H,1-6,11-12,25-26H2. The van der Waals surface area contributed by atoms with E-state index in [2.05, 4.69) is 0 Å². The van der Waals surface area contributed by atoms with Crippen molar-refractivity contribution < 1.29 is 19.2 Å². The molecule has 0 fully saturated rings. The van der Waals surface area contributed by atoms with E-state index in [4.69, 9.17) is 11.5 Å². The number of hydrogen-bond donors (Lipinski definition) is 2. The molecule has 8 nitrogen and oxygen atoms in total. The van der Waals surface area contributed by atoms with Crippen LogP contribution in [0.25, 0.3) is 0 Å². The fourth-order valence-corrected chi connectivity index (χ4v) is 4.27. The van der Waals surface area contributed by atoms with Gasteiger partial charge in [0.1, 0.15) is 0 Å². The van der Waals surface area contributed by atoms with Gasteiger partial charge in [0.15, 0.2) is 0 Å². The number of imide groups is 2. The highest BCUT2D eigenvalue weighted by Crippen LogP contribution is 2.26. The van der Waals surface area contributed by atoms with Crippen LogP contribution in [0.3, 0.4) is 0 Å². The fourth-order valence-electron chi connectivity index (χ4n) is 4.27. The predicted molar refractivity (Wildman–Crippen MR) is 120 cm³/mol. The molecule has 8 heteroatoms. The maximum atomic E-state index is 12.4. The lowest BCUT2D eigenvalue weighted by atomic mass is 10.1. The minimum absolute atomic E-state index is 0.257. The second-order valence-electron chi connectivity index (χ2n) is 8.26. The van der Waals surface area contributed by atoms with Gasteiger partial charge in [-0.15, -0.1) is 0 Å². The molecule has 2 aliphatic rings. The van der Waals surface area contributed by atoms with E-state index >= 15 is 0 Å². The Bertz CT molecular complexity index is 1020. The van der Waals surface area contributed by atoms with Gasteiger partial charge in [-0.05, 0) is 49.2 Å². The van der Waals surface area contributed by atoms with Gasteiger partial charge < -0.3 is 11.5 Å². The summed E-state index contributed by atoms with van der Waals surface area (Å²) in [6.45, 7) is 0.787. The van der Waals surface area contributed by atoms with Crippen LogP contribution in [-0.4, -0.2) is 46.5 Å². The Kier molecular flexibility index (Phi) is 5.94. The summed E-state index contributed by atoms with van der Waals surface area (Å²) < 4.78 is 0. The monoisotopic (exact) mass is 434 g/mol. The third-order valence-electron chi connectivity index (χ3n) is 6.00. The van der Waals surface area contributed by atoms with E-state index in [9.17, 15) is 19.2 Å². The fraction of sp³-hybridized carbons (Fsp3) is 0.333. The Morgan fingerprint density at radius 3 is 1.25 bits per heavy atom. The number of fused-ring (bicyclic) bond motifs is 2. The number of hydrogen-bond acceptors (Lipinski definition) is 6. The summed E-state index contributed by atoms with van der Waals surface area (Å²) in [5.74, 6) is -1.07. The zero-order chi connectivity index (χ0) is 22.8. The molecule has 0 unspecified atom stereocenters. The zero-order valence-electron chi connectivity index (χ0n) is 17.8. The van der Waals surface area contributed by atoms with E-state index < -0.39 is 0 Å². The number of unbranched alkanes of at least 4 members (excludes halogenated alkanes) is 5. The van der Waals surface area contributed by atoms with Crippen LogP contribution in [-0.2, 0) is 0 Å². The molecular weight excluding hydrogens is 408 g/mol. The first-order valence-electron chi connectivity index (χ1n) is 10.9. The lowest BCUT2D eigenvalue weighted by molar-refractivity contribution is 0.0634. The van der Waals surface area contributed by atoms with Crippen LogP contribution in [0.1, 0.15) is 80.0 Å². The Morgan fingerprint density at radius 2 is 0.844 bits per heavy atom. The summed E-state index contributed by atoms with van der Waals surface area (Å²) in [5, 5.41) is 0. The average molecular weight is 434 g/mol. The van der Waals surface area contributed by atoms with Crippen LogP contribution >= 0.6 is 0 Å². The van der Waals surface area contributed by atoms with E-state index in [0.29, 0.717) is 46.7 Å². The van der Waals surface area contributed by atoms with Gasteiger partial charge in [0.25, 0.3) is 23.6 Å². The molecular formula is C24H26N4O4.